The lowest BCUT2D eigenvalue weighted by Crippen LogP contribution is -2.56. The van der Waals surface area contributed by atoms with Crippen molar-refractivity contribution >= 4 is 11.9 Å². The molecule has 0 spiro atoms. The minimum Gasteiger partial charge on any atom is -0.481 e. The summed E-state index contributed by atoms with van der Waals surface area (Å²) in [5, 5.41) is 8.65. The van der Waals surface area contributed by atoms with Crippen molar-refractivity contribution in [2.75, 3.05) is 13.1 Å². The number of carbonyl (C=O) groups excluding carboxylic acids is 1. The number of hydrogen-bond donors (Lipinski definition) is 1. The fourth-order valence-corrected chi connectivity index (χ4v) is 2.18. The van der Waals surface area contributed by atoms with Gasteiger partial charge in [-0.2, -0.15) is 0 Å². The predicted molar refractivity (Wildman–Crippen MR) is 49.6 cm³/mol. The number of amides is 1. The molecule has 1 heterocycles. The van der Waals surface area contributed by atoms with E-state index in [0.717, 1.165) is 12.8 Å². The van der Waals surface area contributed by atoms with E-state index >= 15 is 0 Å². The average Bonchev–Trinajstić information content (AvgIpc) is 1.94. The molecule has 1 saturated carbocycles. The van der Waals surface area contributed by atoms with E-state index in [1.807, 2.05) is 0 Å². The van der Waals surface area contributed by atoms with Crippen LogP contribution in [-0.2, 0) is 9.59 Å². The SMILES string of the molecule is CC1CC(C(=O)N2CC(C(=O)O)C2)C1. The Kier molecular flexibility index (Phi) is 2.21. The van der Waals surface area contributed by atoms with Crippen molar-refractivity contribution in [3.8, 4) is 0 Å². The molecule has 2 aliphatic rings. The van der Waals surface area contributed by atoms with Gasteiger partial charge in [-0.05, 0) is 18.8 Å². The number of carboxylic acid groups (broad SMARTS) is 1. The second-order valence-corrected chi connectivity index (χ2v) is 4.55. The van der Waals surface area contributed by atoms with Crippen molar-refractivity contribution in [3.05, 3.63) is 0 Å². The quantitative estimate of drug-likeness (QED) is 0.704. The van der Waals surface area contributed by atoms with E-state index in [-0.39, 0.29) is 17.7 Å². The number of hydrogen-bond acceptors (Lipinski definition) is 2. The normalized spacial score (nSPS) is 31.9. The van der Waals surface area contributed by atoms with Crippen LogP contribution in [0.15, 0.2) is 0 Å². The van der Waals surface area contributed by atoms with Crippen molar-refractivity contribution in [3.63, 3.8) is 0 Å². The Morgan fingerprint density at radius 3 is 2.21 bits per heavy atom. The summed E-state index contributed by atoms with van der Waals surface area (Å²) in [7, 11) is 0. The Morgan fingerprint density at radius 1 is 1.21 bits per heavy atom. The summed E-state index contributed by atoms with van der Waals surface area (Å²) < 4.78 is 0. The van der Waals surface area contributed by atoms with Gasteiger partial charge in [-0.15, -0.1) is 0 Å². The molecule has 1 N–H and O–H groups in total. The summed E-state index contributed by atoms with van der Waals surface area (Å²) in [4.78, 5) is 23.8. The summed E-state index contributed by atoms with van der Waals surface area (Å²) in [6.45, 7) is 2.97. The molecule has 4 nitrogen and oxygen atoms in total. The lowest BCUT2D eigenvalue weighted by atomic mass is 9.75. The number of rotatable bonds is 2. The summed E-state index contributed by atoms with van der Waals surface area (Å²) in [6.07, 6.45) is 1.96. The third-order valence-corrected chi connectivity index (χ3v) is 3.27. The zero-order chi connectivity index (χ0) is 10.3. The zero-order valence-corrected chi connectivity index (χ0v) is 8.27. The monoisotopic (exact) mass is 197 g/mol. The molecule has 1 saturated heterocycles. The molecular formula is C10H15NO3. The van der Waals surface area contributed by atoms with Crippen LogP contribution in [0.5, 0.6) is 0 Å². The number of carbonyl (C=O) groups is 2. The Labute approximate surface area is 82.9 Å². The molecule has 4 heteroatoms. The molecule has 0 aromatic carbocycles. The lowest BCUT2D eigenvalue weighted by Gasteiger charge is -2.42. The van der Waals surface area contributed by atoms with Crippen LogP contribution in [0.3, 0.4) is 0 Å². The largest absolute Gasteiger partial charge is 0.481 e. The number of carboxylic acids is 1. The number of aliphatic carboxylic acids is 1. The summed E-state index contributed by atoms with van der Waals surface area (Å²) in [6, 6.07) is 0. The fraction of sp³-hybridized carbons (Fsp3) is 0.800. The Bertz CT molecular complexity index is 265. The highest BCUT2D eigenvalue weighted by Crippen LogP contribution is 2.35. The highest BCUT2D eigenvalue weighted by atomic mass is 16.4. The van der Waals surface area contributed by atoms with E-state index in [1.54, 1.807) is 4.90 Å². The topological polar surface area (TPSA) is 57.6 Å². The van der Waals surface area contributed by atoms with Crippen molar-refractivity contribution in [2.24, 2.45) is 17.8 Å². The number of nitrogens with zero attached hydrogens (tertiary/aromatic N) is 1. The first-order valence-electron chi connectivity index (χ1n) is 5.09. The first kappa shape index (κ1) is 9.49. The van der Waals surface area contributed by atoms with Crippen LogP contribution in [0.1, 0.15) is 19.8 Å². The third-order valence-electron chi connectivity index (χ3n) is 3.27. The van der Waals surface area contributed by atoms with E-state index < -0.39 is 5.97 Å². The molecule has 0 unspecified atom stereocenters. The molecule has 2 fully saturated rings. The molecule has 2 rings (SSSR count). The average molecular weight is 197 g/mol. The molecule has 0 atom stereocenters. The molecular weight excluding hydrogens is 182 g/mol. The van der Waals surface area contributed by atoms with Crippen LogP contribution < -0.4 is 0 Å². The molecule has 0 aromatic rings. The van der Waals surface area contributed by atoms with Crippen molar-refractivity contribution in [2.45, 2.75) is 19.8 Å². The molecule has 0 bridgehead atoms. The highest BCUT2D eigenvalue weighted by Gasteiger charge is 2.41. The first-order valence-corrected chi connectivity index (χ1v) is 5.09. The van der Waals surface area contributed by atoms with E-state index in [0.29, 0.717) is 19.0 Å². The number of likely N-dealkylation sites (tertiary alicyclic amines) is 1. The maximum absolute atomic E-state index is 11.7. The van der Waals surface area contributed by atoms with Crippen LogP contribution in [0.25, 0.3) is 0 Å². The molecule has 1 amide bonds. The summed E-state index contributed by atoms with van der Waals surface area (Å²) in [5.74, 6) is -0.0895. The van der Waals surface area contributed by atoms with Gasteiger partial charge in [0.2, 0.25) is 5.91 Å². The van der Waals surface area contributed by atoms with Crippen molar-refractivity contribution in [1.29, 1.82) is 0 Å². The van der Waals surface area contributed by atoms with E-state index in [4.69, 9.17) is 5.11 Å². The van der Waals surface area contributed by atoms with Crippen molar-refractivity contribution in [1.82, 2.24) is 4.90 Å². The van der Waals surface area contributed by atoms with Gasteiger partial charge in [0.15, 0.2) is 0 Å². The van der Waals surface area contributed by atoms with Gasteiger partial charge in [-0.1, -0.05) is 6.92 Å². The van der Waals surface area contributed by atoms with Gasteiger partial charge in [-0.3, -0.25) is 9.59 Å². The molecule has 1 aliphatic carbocycles. The van der Waals surface area contributed by atoms with E-state index in [1.165, 1.54) is 0 Å². The van der Waals surface area contributed by atoms with Gasteiger partial charge >= 0.3 is 5.97 Å². The first-order chi connectivity index (χ1) is 6.58. The van der Waals surface area contributed by atoms with Gasteiger partial charge in [0, 0.05) is 19.0 Å². The lowest BCUT2D eigenvalue weighted by molar-refractivity contribution is -0.156. The minimum absolute atomic E-state index is 0.167. The molecule has 0 radical (unpaired) electrons. The minimum atomic E-state index is -0.781. The van der Waals surface area contributed by atoms with Gasteiger partial charge in [-0.25, -0.2) is 0 Å². The van der Waals surface area contributed by atoms with E-state index in [9.17, 15) is 9.59 Å². The van der Waals surface area contributed by atoms with Gasteiger partial charge in [0.1, 0.15) is 0 Å². The maximum Gasteiger partial charge on any atom is 0.310 e. The van der Waals surface area contributed by atoms with Crippen LogP contribution in [0, 0.1) is 17.8 Å². The fourth-order valence-electron chi connectivity index (χ4n) is 2.18. The van der Waals surface area contributed by atoms with Gasteiger partial charge in [0.25, 0.3) is 0 Å². The smallest absolute Gasteiger partial charge is 0.310 e. The molecule has 1 aliphatic heterocycles. The highest BCUT2D eigenvalue weighted by molar-refractivity contribution is 5.83. The Morgan fingerprint density at radius 2 is 1.79 bits per heavy atom. The zero-order valence-electron chi connectivity index (χ0n) is 8.27. The summed E-state index contributed by atoms with van der Waals surface area (Å²) >= 11 is 0. The predicted octanol–water partition coefficient (Wildman–Crippen LogP) is 0.575. The Hall–Kier alpha value is -1.06. The van der Waals surface area contributed by atoms with Crippen LogP contribution >= 0.6 is 0 Å². The maximum atomic E-state index is 11.7. The molecule has 14 heavy (non-hydrogen) atoms. The molecule has 78 valence electrons. The van der Waals surface area contributed by atoms with Crippen LogP contribution in [-0.4, -0.2) is 35.0 Å². The third kappa shape index (κ3) is 1.49. The van der Waals surface area contributed by atoms with Crippen molar-refractivity contribution < 1.29 is 14.7 Å². The Balaban J connectivity index is 1.77. The second-order valence-electron chi connectivity index (χ2n) is 4.55. The van der Waals surface area contributed by atoms with Crippen LogP contribution in [0.4, 0.5) is 0 Å². The second kappa shape index (κ2) is 3.26. The standard InChI is InChI=1S/C10H15NO3/c1-6-2-7(3-6)9(12)11-4-8(5-11)10(13)14/h6-8H,2-5H2,1H3,(H,13,14). The molecule has 0 aromatic heterocycles. The summed E-state index contributed by atoms with van der Waals surface area (Å²) in [5.41, 5.74) is 0. The van der Waals surface area contributed by atoms with Crippen LogP contribution in [0.2, 0.25) is 0 Å². The van der Waals surface area contributed by atoms with Gasteiger partial charge < -0.3 is 10.0 Å². The van der Waals surface area contributed by atoms with Gasteiger partial charge in [0.05, 0.1) is 5.92 Å². The van der Waals surface area contributed by atoms with E-state index in [2.05, 4.69) is 6.92 Å².